The van der Waals surface area contributed by atoms with Gasteiger partial charge in [-0.15, -0.1) is 0 Å². The first-order valence-electron chi connectivity index (χ1n) is 12.5. The van der Waals surface area contributed by atoms with Crippen LogP contribution in [0.15, 0.2) is 52.5 Å². The zero-order valence-corrected chi connectivity index (χ0v) is 23.1. The number of halogens is 4. The third-order valence-electron chi connectivity index (χ3n) is 7.07. The summed E-state index contributed by atoms with van der Waals surface area (Å²) in [5, 5.41) is 8.25. The molecule has 3 aromatic rings. The summed E-state index contributed by atoms with van der Waals surface area (Å²) in [6, 6.07) is 9.15. The fourth-order valence-electron chi connectivity index (χ4n) is 4.71. The molecule has 0 aliphatic carbocycles. The van der Waals surface area contributed by atoms with Crippen molar-refractivity contribution in [3.05, 3.63) is 69.2 Å². The van der Waals surface area contributed by atoms with E-state index in [0.29, 0.717) is 27.8 Å². The van der Waals surface area contributed by atoms with E-state index in [1.165, 1.54) is 23.9 Å². The topological polar surface area (TPSA) is 67.8 Å². The van der Waals surface area contributed by atoms with Crippen LogP contribution in [0.4, 0.5) is 13.2 Å². The van der Waals surface area contributed by atoms with Crippen molar-refractivity contribution in [2.24, 2.45) is 4.99 Å². The summed E-state index contributed by atoms with van der Waals surface area (Å²) in [6.07, 6.45) is -3.07. The standard InChI is InChI=1S/C27H28ClF3N6OS/c1-35-7-10-37(11-8-35)12-9-36(2)26-33-25(38)24(39-26)21(17-4-6-23-19(13-17)16-32-34-23)14-18-3-5-20(28)15-22(18)27(29,30)31/h3-6,13,15-16H,7-12,14H2,1-2H3,(H,32,34). The number of nitrogens with one attached hydrogen (secondary N) is 1. The summed E-state index contributed by atoms with van der Waals surface area (Å²) in [4.78, 5) is 24.4. The molecule has 0 radical (unpaired) electrons. The molecule has 2 aromatic carbocycles. The second-order valence-corrected chi connectivity index (χ2v) is 11.2. The minimum absolute atomic E-state index is 0.000919. The molecule has 1 N–H and O–H groups in total. The average molecular weight is 577 g/mol. The molecule has 5 rings (SSSR count). The van der Waals surface area contributed by atoms with Gasteiger partial charge >= 0.3 is 6.18 Å². The summed E-state index contributed by atoms with van der Waals surface area (Å²) >= 11 is 7.12. The quantitative estimate of drug-likeness (QED) is 0.417. The number of aromatic nitrogens is 2. The Morgan fingerprint density at radius 1 is 1.15 bits per heavy atom. The van der Waals surface area contributed by atoms with E-state index in [9.17, 15) is 18.0 Å². The van der Waals surface area contributed by atoms with Crippen LogP contribution in [0.3, 0.4) is 0 Å². The number of amides is 1. The van der Waals surface area contributed by atoms with E-state index in [1.807, 2.05) is 18.0 Å². The maximum atomic E-state index is 13.9. The number of carbonyl (C=O) groups is 1. The molecule has 1 amide bonds. The first kappa shape index (κ1) is 27.7. The number of fused-ring (bicyclic) bond motifs is 1. The number of hydrogen-bond donors (Lipinski definition) is 1. The van der Waals surface area contributed by atoms with Crippen LogP contribution in [0.2, 0.25) is 5.02 Å². The van der Waals surface area contributed by atoms with Gasteiger partial charge in [-0.25, -0.2) is 0 Å². The Morgan fingerprint density at radius 2 is 1.92 bits per heavy atom. The molecule has 206 valence electrons. The molecule has 0 atom stereocenters. The van der Waals surface area contributed by atoms with Crippen LogP contribution in [-0.4, -0.2) is 89.3 Å². The van der Waals surface area contributed by atoms with Crippen LogP contribution in [0.5, 0.6) is 0 Å². The van der Waals surface area contributed by atoms with Crippen molar-refractivity contribution in [1.29, 1.82) is 0 Å². The number of alkyl halides is 3. The van der Waals surface area contributed by atoms with Crippen LogP contribution < -0.4 is 0 Å². The molecule has 2 aliphatic rings. The lowest BCUT2D eigenvalue weighted by atomic mass is 9.93. The van der Waals surface area contributed by atoms with Gasteiger partial charge in [-0.05, 0) is 66.2 Å². The molecule has 0 bridgehead atoms. The van der Waals surface area contributed by atoms with E-state index in [4.69, 9.17) is 11.6 Å². The van der Waals surface area contributed by atoms with Crippen molar-refractivity contribution in [2.45, 2.75) is 12.6 Å². The maximum Gasteiger partial charge on any atom is 0.416 e. The monoisotopic (exact) mass is 576 g/mol. The molecule has 1 aromatic heterocycles. The highest BCUT2D eigenvalue weighted by Gasteiger charge is 2.35. The Balaban J connectivity index is 1.45. The van der Waals surface area contributed by atoms with Crippen LogP contribution in [0.25, 0.3) is 16.5 Å². The molecule has 0 saturated carbocycles. The van der Waals surface area contributed by atoms with Crippen molar-refractivity contribution in [3.63, 3.8) is 0 Å². The minimum atomic E-state index is -4.59. The molecule has 39 heavy (non-hydrogen) atoms. The smallest absolute Gasteiger partial charge is 0.353 e. The number of thioether (sulfide) groups is 1. The van der Waals surface area contributed by atoms with Gasteiger partial charge in [-0.2, -0.15) is 23.3 Å². The molecule has 1 fully saturated rings. The Hall–Kier alpha value is -2.86. The van der Waals surface area contributed by atoms with Crippen molar-refractivity contribution in [1.82, 2.24) is 24.9 Å². The summed E-state index contributed by atoms with van der Waals surface area (Å²) in [5.41, 5.74) is 1.12. The Bertz CT molecular complexity index is 1440. The summed E-state index contributed by atoms with van der Waals surface area (Å²) in [7, 11) is 3.99. The zero-order valence-electron chi connectivity index (χ0n) is 21.6. The molecule has 12 heteroatoms. The summed E-state index contributed by atoms with van der Waals surface area (Å²) < 4.78 is 41.8. The predicted octanol–water partition coefficient (Wildman–Crippen LogP) is 5.00. The largest absolute Gasteiger partial charge is 0.416 e. The molecule has 0 spiro atoms. The maximum absolute atomic E-state index is 13.9. The molecule has 3 heterocycles. The molecule has 2 aliphatic heterocycles. The van der Waals surface area contributed by atoms with E-state index < -0.39 is 17.6 Å². The lowest BCUT2D eigenvalue weighted by molar-refractivity contribution is -0.138. The summed E-state index contributed by atoms with van der Waals surface area (Å²) in [5.74, 6) is -0.453. The zero-order chi connectivity index (χ0) is 27.7. The van der Waals surface area contributed by atoms with Gasteiger partial charge in [-0.1, -0.05) is 23.7 Å². The van der Waals surface area contributed by atoms with Gasteiger partial charge in [0.25, 0.3) is 5.91 Å². The number of rotatable bonds is 6. The third-order valence-corrected chi connectivity index (χ3v) is 8.51. The summed E-state index contributed by atoms with van der Waals surface area (Å²) in [6.45, 7) is 5.51. The number of aliphatic imine (C=N–C) groups is 1. The highest BCUT2D eigenvalue weighted by atomic mass is 35.5. The van der Waals surface area contributed by atoms with Gasteiger partial charge in [0.05, 0.1) is 22.2 Å². The number of H-pyrrole nitrogens is 1. The van der Waals surface area contributed by atoms with Crippen LogP contribution in [0.1, 0.15) is 16.7 Å². The van der Waals surface area contributed by atoms with Gasteiger partial charge in [0, 0.05) is 56.7 Å². The van der Waals surface area contributed by atoms with Gasteiger partial charge in [0.1, 0.15) is 0 Å². The van der Waals surface area contributed by atoms with E-state index in [-0.39, 0.29) is 17.0 Å². The SMILES string of the molecule is CN1CCN(CCN(C)C2=NC(=O)C(=C(Cc3ccc(Cl)cc3C(F)(F)F)c3ccc4[nH]ncc4c3)S2)CC1. The van der Waals surface area contributed by atoms with E-state index in [0.717, 1.165) is 49.7 Å². The Labute approximate surface area is 233 Å². The third kappa shape index (κ3) is 6.32. The number of piperazine rings is 1. The number of hydrogen-bond acceptors (Lipinski definition) is 6. The number of benzene rings is 2. The number of aromatic amines is 1. The first-order valence-corrected chi connectivity index (χ1v) is 13.7. The lowest BCUT2D eigenvalue weighted by Crippen LogP contribution is -2.46. The highest BCUT2D eigenvalue weighted by Crippen LogP contribution is 2.40. The lowest BCUT2D eigenvalue weighted by Gasteiger charge is -2.33. The first-order chi connectivity index (χ1) is 18.6. The number of carbonyl (C=O) groups excluding carboxylic acids is 1. The molecule has 1 saturated heterocycles. The predicted molar refractivity (Wildman–Crippen MR) is 150 cm³/mol. The van der Waals surface area contributed by atoms with E-state index in [1.54, 1.807) is 18.3 Å². The highest BCUT2D eigenvalue weighted by molar-refractivity contribution is 8.18. The fraction of sp³-hybridized carbons (Fsp3) is 0.370. The van der Waals surface area contributed by atoms with E-state index >= 15 is 0 Å². The van der Waals surface area contributed by atoms with Gasteiger partial charge < -0.3 is 9.80 Å². The number of nitrogens with zero attached hydrogens (tertiary/aromatic N) is 5. The van der Waals surface area contributed by atoms with E-state index in [2.05, 4.69) is 32.0 Å². The normalized spacial score (nSPS) is 18.6. The Kier molecular flexibility index (Phi) is 8.04. The van der Waals surface area contributed by atoms with Gasteiger partial charge in [0.15, 0.2) is 5.17 Å². The Morgan fingerprint density at radius 3 is 2.67 bits per heavy atom. The minimum Gasteiger partial charge on any atom is -0.353 e. The molecular formula is C27H28ClF3N6OS. The average Bonchev–Trinajstić information content (AvgIpc) is 3.53. The van der Waals surface area contributed by atoms with Crippen molar-refractivity contribution in [2.75, 3.05) is 53.4 Å². The fourth-order valence-corrected chi connectivity index (χ4v) is 5.89. The number of likely N-dealkylation sites (N-methyl/N-ethyl adjacent to an activating group) is 2. The van der Waals surface area contributed by atoms with Crippen LogP contribution in [-0.2, 0) is 17.4 Å². The van der Waals surface area contributed by atoms with Gasteiger partial charge in [-0.3, -0.25) is 14.8 Å². The second kappa shape index (κ2) is 11.3. The number of amidine groups is 1. The van der Waals surface area contributed by atoms with Gasteiger partial charge in [0.2, 0.25) is 0 Å². The van der Waals surface area contributed by atoms with Crippen molar-refractivity contribution >= 4 is 50.9 Å². The van der Waals surface area contributed by atoms with Crippen molar-refractivity contribution < 1.29 is 18.0 Å². The molecular weight excluding hydrogens is 549 g/mol. The van der Waals surface area contributed by atoms with Crippen LogP contribution >= 0.6 is 23.4 Å². The number of allylic oxidation sites excluding steroid dienone is 1. The second-order valence-electron chi connectivity index (χ2n) is 9.82. The molecule has 7 nitrogen and oxygen atoms in total. The van der Waals surface area contributed by atoms with Crippen molar-refractivity contribution in [3.8, 4) is 0 Å². The van der Waals surface area contributed by atoms with Crippen LogP contribution in [0, 0.1) is 0 Å². The molecule has 0 unspecified atom stereocenters.